The van der Waals surface area contributed by atoms with Crippen LogP contribution in [0.2, 0.25) is 0 Å². The van der Waals surface area contributed by atoms with Gasteiger partial charge >= 0.3 is 0 Å². The van der Waals surface area contributed by atoms with E-state index in [1.807, 2.05) is 24.3 Å². The van der Waals surface area contributed by atoms with Gasteiger partial charge in [0.15, 0.2) is 5.78 Å². The molecule has 0 saturated heterocycles. The van der Waals surface area contributed by atoms with Crippen molar-refractivity contribution in [2.24, 2.45) is 0 Å². The molecule has 0 aromatic heterocycles. The van der Waals surface area contributed by atoms with E-state index in [1.165, 1.54) is 0 Å². The molecule has 0 aliphatic carbocycles. The van der Waals surface area contributed by atoms with Gasteiger partial charge in [-0.25, -0.2) is 0 Å². The van der Waals surface area contributed by atoms with Crippen LogP contribution in [0.3, 0.4) is 0 Å². The third kappa shape index (κ3) is 4.16. The topological polar surface area (TPSA) is 38.3 Å². The normalized spacial score (nSPS) is 9.50. The van der Waals surface area contributed by atoms with Crippen LogP contribution in [0.1, 0.15) is 5.56 Å². The molecule has 3 nitrogen and oxygen atoms in total. The van der Waals surface area contributed by atoms with Crippen molar-refractivity contribution in [3.63, 3.8) is 0 Å². The lowest BCUT2D eigenvalue weighted by molar-refractivity contribution is -0.117. The summed E-state index contributed by atoms with van der Waals surface area (Å²) in [5.74, 6) is 3.30. The van der Waals surface area contributed by atoms with Crippen LogP contribution in [0.4, 0.5) is 0 Å². The second-order valence-electron chi connectivity index (χ2n) is 3.37. The molecule has 1 rings (SSSR count). The zero-order valence-corrected chi connectivity index (χ0v) is 9.32. The summed E-state index contributed by atoms with van der Waals surface area (Å²) >= 11 is 0. The van der Waals surface area contributed by atoms with Crippen molar-refractivity contribution in [1.29, 1.82) is 0 Å². The maximum absolute atomic E-state index is 11.5. The lowest BCUT2D eigenvalue weighted by atomic mass is 10.1. The molecular formula is C13H15NO2. The Morgan fingerprint density at radius 2 is 2.38 bits per heavy atom. The van der Waals surface area contributed by atoms with Gasteiger partial charge in [0.25, 0.3) is 0 Å². The van der Waals surface area contributed by atoms with Gasteiger partial charge in [0.2, 0.25) is 0 Å². The molecule has 1 aromatic rings. The molecule has 0 atom stereocenters. The number of rotatable bonds is 6. The van der Waals surface area contributed by atoms with E-state index in [0.29, 0.717) is 19.5 Å². The second-order valence-corrected chi connectivity index (χ2v) is 3.37. The quantitative estimate of drug-likeness (QED) is 0.571. The van der Waals surface area contributed by atoms with Crippen LogP contribution in [0.5, 0.6) is 5.75 Å². The summed E-state index contributed by atoms with van der Waals surface area (Å²) in [5.41, 5.74) is 0.951. The number of Topliss-reactive ketones (excluding diaryl/α,β-unsaturated/α-hetero) is 1. The standard InChI is InChI=1S/C13H15NO2/c1-3-7-14-10-12(15)8-11-5-4-6-13(9-11)16-2/h1,4-6,9,14H,7-8,10H2,2H3. The molecule has 0 bridgehead atoms. The molecule has 0 heterocycles. The Balaban J connectivity index is 2.46. The molecule has 0 aliphatic heterocycles. The molecule has 16 heavy (non-hydrogen) atoms. The fourth-order valence-corrected chi connectivity index (χ4v) is 1.35. The van der Waals surface area contributed by atoms with E-state index in [2.05, 4.69) is 11.2 Å². The number of ketones is 1. The molecule has 0 saturated carbocycles. The Bertz CT molecular complexity index is 393. The van der Waals surface area contributed by atoms with Crippen LogP contribution in [0.25, 0.3) is 0 Å². The summed E-state index contributed by atoms with van der Waals surface area (Å²) in [7, 11) is 1.61. The lowest BCUT2D eigenvalue weighted by Crippen LogP contribution is -2.24. The Morgan fingerprint density at radius 3 is 3.06 bits per heavy atom. The molecule has 0 aliphatic rings. The first kappa shape index (κ1) is 12.3. The minimum Gasteiger partial charge on any atom is -0.497 e. The van der Waals surface area contributed by atoms with Crippen molar-refractivity contribution in [3.8, 4) is 18.1 Å². The van der Waals surface area contributed by atoms with Crippen LogP contribution in [0, 0.1) is 12.3 Å². The summed E-state index contributed by atoms with van der Waals surface area (Å²) < 4.78 is 5.08. The van der Waals surface area contributed by atoms with Gasteiger partial charge in [0.1, 0.15) is 5.75 Å². The molecule has 0 spiro atoms. The van der Waals surface area contributed by atoms with Crippen LogP contribution in [0.15, 0.2) is 24.3 Å². The monoisotopic (exact) mass is 217 g/mol. The van der Waals surface area contributed by atoms with Crippen LogP contribution < -0.4 is 10.1 Å². The van der Waals surface area contributed by atoms with Gasteiger partial charge in [-0.2, -0.15) is 0 Å². The third-order valence-electron chi connectivity index (χ3n) is 2.08. The summed E-state index contributed by atoms with van der Waals surface area (Å²) in [5, 5.41) is 2.87. The molecule has 84 valence electrons. The van der Waals surface area contributed by atoms with Gasteiger partial charge in [-0.3, -0.25) is 10.1 Å². The minimum atomic E-state index is 0.114. The van der Waals surface area contributed by atoms with Crippen molar-refractivity contribution < 1.29 is 9.53 Å². The van der Waals surface area contributed by atoms with E-state index in [9.17, 15) is 4.79 Å². The van der Waals surface area contributed by atoms with Crippen LogP contribution >= 0.6 is 0 Å². The Labute approximate surface area is 95.8 Å². The van der Waals surface area contributed by atoms with Gasteiger partial charge in [-0.1, -0.05) is 18.1 Å². The SMILES string of the molecule is C#CCNCC(=O)Cc1cccc(OC)c1. The molecule has 0 amide bonds. The Hall–Kier alpha value is -1.79. The molecule has 0 radical (unpaired) electrons. The first-order valence-electron chi connectivity index (χ1n) is 5.05. The molecule has 3 heteroatoms. The number of terminal acetylenes is 1. The van der Waals surface area contributed by atoms with E-state index in [4.69, 9.17) is 11.2 Å². The van der Waals surface area contributed by atoms with E-state index < -0.39 is 0 Å². The molecular weight excluding hydrogens is 202 g/mol. The molecule has 1 N–H and O–H groups in total. The number of benzene rings is 1. The summed E-state index contributed by atoms with van der Waals surface area (Å²) in [4.78, 5) is 11.5. The van der Waals surface area contributed by atoms with Crippen molar-refractivity contribution >= 4 is 5.78 Å². The fourth-order valence-electron chi connectivity index (χ4n) is 1.35. The number of hydrogen-bond acceptors (Lipinski definition) is 3. The summed E-state index contributed by atoms with van der Waals surface area (Å²) in [6, 6.07) is 7.49. The first-order valence-corrected chi connectivity index (χ1v) is 5.05. The number of methoxy groups -OCH3 is 1. The Morgan fingerprint density at radius 1 is 1.56 bits per heavy atom. The zero-order valence-electron chi connectivity index (χ0n) is 9.32. The smallest absolute Gasteiger partial charge is 0.150 e. The lowest BCUT2D eigenvalue weighted by Gasteiger charge is -2.04. The van der Waals surface area contributed by atoms with Crippen molar-refractivity contribution in [1.82, 2.24) is 5.32 Å². The van der Waals surface area contributed by atoms with Gasteiger partial charge in [0.05, 0.1) is 20.2 Å². The number of carbonyl (C=O) groups is 1. The van der Waals surface area contributed by atoms with E-state index in [0.717, 1.165) is 11.3 Å². The second kappa shape index (κ2) is 6.65. The predicted molar refractivity (Wildman–Crippen MR) is 63.4 cm³/mol. The van der Waals surface area contributed by atoms with E-state index in [1.54, 1.807) is 7.11 Å². The molecule has 1 aromatic carbocycles. The first-order chi connectivity index (χ1) is 7.76. The number of carbonyl (C=O) groups excluding carboxylic acids is 1. The van der Waals surface area contributed by atoms with Gasteiger partial charge < -0.3 is 4.74 Å². The van der Waals surface area contributed by atoms with Crippen molar-refractivity contribution in [2.75, 3.05) is 20.2 Å². The zero-order chi connectivity index (χ0) is 11.8. The average molecular weight is 217 g/mol. The summed E-state index contributed by atoms with van der Waals surface area (Å²) in [6.45, 7) is 0.727. The highest BCUT2D eigenvalue weighted by atomic mass is 16.5. The third-order valence-corrected chi connectivity index (χ3v) is 2.08. The highest BCUT2D eigenvalue weighted by molar-refractivity contribution is 5.82. The van der Waals surface area contributed by atoms with Gasteiger partial charge in [-0.05, 0) is 17.7 Å². The number of nitrogens with one attached hydrogen (secondary N) is 1. The predicted octanol–water partition coefficient (Wildman–Crippen LogP) is 1.03. The number of hydrogen-bond donors (Lipinski definition) is 1. The molecule has 0 fully saturated rings. The fraction of sp³-hybridized carbons (Fsp3) is 0.308. The van der Waals surface area contributed by atoms with E-state index >= 15 is 0 Å². The molecule has 0 unspecified atom stereocenters. The van der Waals surface area contributed by atoms with E-state index in [-0.39, 0.29) is 5.78 Å². The highest BCUT2D eigenvalue weighted by Gasteiger charge is 2.03. The average Bonchev–Trinajstić information content (AvgIpc) is 2.29. The summed E-state index contributed by atoms with van der Waals surface area (Å²) in [6.07, 6.45) is 5.46. The largest absolute Gasteiger partial charge is 0.497 e. The van der Waals surface area contributed by atoms with Crippen LogP contribution in [-0.4, -0.2) is 26.0 Å². The highest BCUT2D eigenvalue weighted by Crippen LogP contribution is 2.12. The van der Waals surface area contributed by atoms with Crippen molar-refractivity contribution in [3.05, 3.63) is 29.8 Å². The van der Waals surface area contributed by atoms with Gasteiger partial charge in [-0.15, -0.1) is 6.42 Å². The minimum absolute atomic E-state index is 0.114. The van der Waals surface area contributed by atoms with Crippen LogP contribution in [-0.2, 0) is 11.2 Å². The maximum Gasteiger partial charge on any atom is 0.150 e. The van der Waals surface area contributed by atoms with Crippen molar-refractivity contribution in [2.45, 2.75) is 6.42 Å². The Kier molecular flexibility index (Phi) is 5.10. The van der Waals surface area contributed by atoms with Gasteiger partial charge in [0, 0.05) is 6.42 Å². The maximum atomic E-state index is 11.5. The number of ether oxygens (including phenoxy) is 1.